The van der Waals surface area contributed by atoms with E-state index in [1.165, 1.54) is 18.4 Å². The van der Waals surface area contributed by atoms with Crippen molar-refractivity contribution in [1.29, 1.82) is 0 Å². The summed E-state index contributed by atoms with van der Waals surface area (Å²) < 4.78 is 4.59. The second-order valence-electron chi connectivity index (χ2n) is 3.13. The predicted octanol–water partition coefficient (Wildman–Crippen LogP) is 2.29. The zero-order valence-corrected chi connectivity index (χ0v) is 10.5. The highest BCUT2D eigenvalue weighted by Crippen LogP contribution is 2.23. The molecule has 0 N–H and O–H groups in total. The Morgan fingerprint density at radius 2 is 2.00 bits per heavy atom. The highest BCUT2D eigenvalue weighted by molar-refractivity contribution is 7.10. The van der Waals surface area contributed by atoms with E-state index in [-0.39, 0.29) is 12.4 Å². The summed E-state index contributed by atoms with van der Waals surface area (Å²) in [6.07, 6.45) is 0.226. The van der Waals surface area contributed by atoms with Crippen LogP contribution in [0.2, 0.25) is 0 Å². The molecule has 0 aliphatic rings. The molecule has 0 unspecified atom stereocenters. The third-order valence-corrected chi connectivity index (χ3v) is 3.58. The fourth-order valence-corrected chi connectivity index (χ4v) is 2.57. The quantitative estimate of drug-likeness (QED) is 0.789. The van der Waals surface area contributed by atoms with Crippen LogP contribution in [0.15, 0.2) is 10.8 Å². The number of hydrogen-bond donors (Lipinski definition) is 0. The van der Waals surface area contributed by atoms with Crippen molar-refractivity contribution in [3.63, 3.8) is 0 Å². The number of aromatic nitrogens is 2. The van der Waals surface area contributed by atoms with Crippen molar-refractivity contribution in [2.24, 2.45) is 0 Å². The number of rotatable bonds is 3. The molecule has 0 aromatic carbocycles. The van der Waals surface area contributed by atoms with Crippen LogP contribution >= 0.6 is 22.7 Å². The van der Waals surface area contributed by atoms with E-state index < -0.39 is 0 Å². The van der Waals surface area contributed by atoms with Crippen molar-refractivity contribution in [1.82, 2.24) is 9.97 Å². The van der Waals surface area contributed by atoms with Gasteiger partial charge in [0.2, 0.25) is 0 Å². The van der Waals surface area contributed by atoms with Crippen molar-refractivity contribution >= 4 is 28.6 Å². The average Bonchev–Trinajstić information content (AvgIpc) is 2.87. The normalized spacial score (nSPS) is 10.4. The van der Waals surface area contributed by atoms with Crippen LogP contribution in [0.3, 0.4) is 0 Å². The van der Waals surface area contributed by atoms with Crippen LogP contribution < -0.4 is 0 Å². The molecule has 0 fully saturated rings. The summed E-state index contributed by atoms with van der Waals surface area (Å²) in [5.74, 6) is -0.268. The van der Waals surface area contributed by atoms with E-state index in [4.69, 9.17) is 0 Å². The summed E-state index contributed by atoms with van der Waals surface area (Å²) in [5, 5.41) is 5.64. The third kappa shape index (κ3) is 2.45. The fraction of sp³-hybridized carbons (Fsp3) is 0.300. The van der Waals surface area contributed by atoms with Crippen molar-refractivity contribution in [2.45, 2.75) is 13.3 Å². The molecule has 84 valence electrons. The number of thiazole rings is 2. The van der Waals surface area contributed by atoms with Crippen molar-refractivity contribution in [2.75, 3.05) is 7.11 Å². The predicted molar refractivity (Wildman–Crippen MR) is 63.7 cm³/mol. The van der Waals surface area contributed by atoms with Crippen molar-refractivity contribution in [3.8, 4) is 11.4 Å². The van der Waals surface area contributed by atoms with Crippen LogP contribution in [0.25, 0.3) is 11.4 Å². The minimum atomic E-state index is -0.268. The molecule has 2 rings (SSSR count). The van der Waals surface area contributed by atoms with E-state index in [0.717, 1.165) is 21.4 Å². The first-order valence-electron chi connectivity index (χ1n) is 4.63. The van der Waals surface area contributed by atoms with E-state index in [0.29, 0.717) is 0 Å². The zero-order chi connectivity index (χ0) is 11.5. The molecular formula is C10H10N2O2S2. The first kappa shape index (κ1) is 11.2. The molecule has 0 saturated carbocycles. The average molecular weight is 254 g/mol. The van der Waals surface area contributed by atoms with Crippen LogP contribution in [0.4, 0.5) is 0 Å². The monoisotopic (exact) mass is 254 g/mol. The molecule has 0 aliphatic heterocycles. The van der Waals surface area contributed by atoms with Gasteiger partial charge >= 0.3 is 5.97 Å². The largest absolute Gasteiger partial charge is 0.469 e. The molecule has 4 nitrogen and oxygen atoms in total. The molecule has 0 saturated heterocycles. The smallest absolute Gasteiger partial charge is 0.312 e. The molecule has 0 radical (unpaired) electrons. The van der Waals surface area contributed by atoms with Gasteiger partial charge in [0.05, 0.1) is 18.5 Å². The fourth-order valence-electron chi connectivity index (χ4n) is 1.19. The molecule has 2 aromatic heterocycles. The van der Waals surface area contributed by atoms with Gasteiger partial charge in [0, 0.05) is 10.8 Å². The van der Waals surface area contributed by atoms with E-state index in [1.54, 1.807) is 11.3 Å². The van der Waals surface area contributed by atoms with Crippen molar-refractivity contribution in [3.05, 3.63) is 20.8 Å². The van der Waals surface area contributed by atoms with E-state index >= 15 is 0 Å². The summed E-state index contributed by atoms with van der Waals surface area (Å²) in [6.45, 7) is 1.95. The second kappa shape index (κ2) is 4.71. The lowest BCUT2D eigenvalue weighted by molar-refractivity contribution is -0.139. The molecule has 6 heteroatoms. The first-order chi connectivity index (χ1) is 7.69. The van der Waals surface area contributed by atoms with E-state index in [1.807, 2.05) is 17.7 Å². The molecule has 0 bridgehead atoms. The summed E-state index contributed by atoms with van der Waals surface area (Å²) in [4.78, 5) is 19.7. The number of esters is 1. The highest BCUT2D eigenvalue weighted by atomic mass is 32.1. The van der Waals surface area contributed by atoms with Gasteiger partial charge in [-0.1, -0.05) is 0 Å². The summed E-state index contributed by atoms with van der Waals surface area (Å²) in [5.41, 5.74) is 1.70. The topological polar surface area (TPSA) is 52.1 Å². The zero-order valence-electron chi connectivity index (χ0n) is 8.89. The summed E-state index contributed by atoms with van der Waals surface area (Å²) in [6, 6.07) is 0. The van der Waals surface area contributed by atoms with Crippen LogP contribution in [0.1, 0.15) is 10.0 Å². The Morgan fingerprint density at radius 1 is 1.31 bits per heavy atom. The number of methoxy groups -OCH3 is 1. The Hall–Kier alpha value is -1.27. The number of nitrogens with zero attached hydrogens (tertiary/aromatic N) is 2. The van der Waals surface area contributed by atoms with Gasteiger partial charge in [0.25, 0.3) is 0 Å². The van der Waals surface area contributed by atoms with Crippen molar-refractivity contribution < 1.29 is 9.53 Å². The van der Waals surface area contributed by atoms with Crippen LogP contribution in [0.5, 0.6) is 0 Å². The lowest BCUT2D eigenvalue weighted by Gasteiger charge is -1.93. The Balaban J connectivity index is 2.16. The maximum atomic E-state index is 11.1. The molecule has 2 heterocycles. The van der Waals surface area contributed by atoms with Crippen LogP contribution in [-0.2, 0) is 16.0 Å². The van der Waals surface area contributed by atoms with Gasteiger partial charge in [0.15, 0.2) is 0 Å². The van der Waals surface area contributed by atoms with Gasteiger partial charge in [-0.2, -0.15) is 0 Å². The number of hydrogen-bond acceptors (Lipinski definition) is 6. The van der Waals surface area contributed by atoms with Crippen LogP contribution in [0, 0.1) is 6.92 Å². The molecular weight excluding hydrogens is 244 g/mol. The van der Waals surface area contributed by atoms with E-state index in [2.05, 4.69) is 14.7 Å². The molecule has 0 spiro atoms. The first-order valence-corrected chi connectivity index (χ1v) is 6.38. The maximum absolute atomic E-state index is 11.1. The minimum Gasteiger partial charge on any atom is -0.469 e. The molecule has 16 heavy (non-hydrogen) atoms. The Morgan fingerprint density at radius 3 is 2.62 bits per heavy atom. The van der Waals surface area contributed by atoms with E-state index in [9.17, 15) is 4.79 Å². The third-order valence-electron chi connectivity index (χ3n) is 1.96. The summed E-state index contributed by atoms with van der Waals surface area (Å²) in [7, 11) is 1.38. The Kier molecular flexibility index (Phi) is 3.31. The number of ether oxygens (including phenoxy) is 1. The minimum absolute atomic E-state index is 0.226. The number of aryl methyl sites for hydroxylation is 1. The molecule has 0 amide bonds. The maximum Gasteiger partial charge on any atom is 0.312 e. The number of carbonyl (C=O) groups excluding carboxylic acids is 1. The Bertz CT molecular complexity index is 504. The van der Waals surface area contributed by atoms with Gasteiger partial charge in [-0.05, 0) is 6.92 Å². The van der Waals surface area contributed by atoms with Gasteiger partial charge in [0.1, 0.15) is 16.4 Å². The SMILES string of the molecule is COC(=O)Cc1nc(-c2csc(C)n2)cs1. The van der Waals surface area contributed by atoms with Gasteiger partial charge in [-0.25, -0.2) is 9.97 Å². The molecule has 2 aromatic rings. The second-order valence-corrected chi connectivity index (χ2v) is 5.14. The lowest BCUT2D eigenvalue weighted by Crippen LogP contribution is -2.03. The summed E-state index contributed by atoms with van der Waals surface area (Å²) >= 11 is 3.04. The highest BCUT2D eigenvalue weighted by Gasteiger charge is 2.10. The lowest BCUT2D eigenvalue weighted by atomic mass is 10.4. The van der Waals surface area contributed by atoms with Gasteiger partial charge < -0.3 is 4.74 Å². The molecule has 0 atom stereocenters. The number of carbonyl (C=O) groups is 1. The Labute approximate surface area is 101 Å². The molecule has 0 aliphatic carbocycles. The standard InChI is InChI=1S/C10H10N2O2S2/c1-6-11-7(4-15-6)8-5-16-9(12-8)3-10(13)14-2/h4-5H,3H2,1-2H3. The van der Waals surface area contributed by atoms with Gasteiger partial charge in [-0.3, -0.25) is 4.79 Å². The van der Waals surface area contributed by atoms with Crippen LogP contribution in [-0.4, -0.2) is 23.0 Å². The van der Waals surface area contributed by atoms with Gasteiger partial charge in [-0.15, -0.1) is 22.7 Å².